The van der Waals surface area contributed by atoms with Gasteiger partial charge in [0.2, 0.25) is 0 Å². The van der Waals surface area contributed by atoms with Gasteiger partial charge in [-0.2, -0.15) is 0 Å². The maximum absolute atomic E-state index is 5.43. The summed E-state index contributed by atoms with van der Waals surface area (Å²) in [6.07, 6.45) is 1.94. The van der Waals surface area contributed by atoms with Gasteiger partial charge in [-0.05, 0) is 12.1 Å². The van der Waals surface area contributed by atoms with Gasteiger partial charge in [0.15, 0.2) is 11.5 Å². The summed E-state index contributed by atoms with van der Waals surface area (Å²) in [5.41, 5.74) is 0.920. The average molecular weight is 295 g/mol. The van der Waals surface area contributed by atoms with Gasteiger partial charge in [-0.25, -0.2) is 0 Å². The van der Waals surface area contributed by atoms with Crippen LogP contribution in [0.5, 0.6) is 11.5 Å². The number of benzene rings is 2. The average Bonchev–Trinajstić information content (AvgIpc) is 2.92. The van der Waals surface area contributed by atoms with Crippen molar-refractivity contribution in [2.45, 2.75) is 0 Å². The van der Waals surface area contributed by atoms with Gasteiger partial charge in [0.1, 0.15) is 0 Å². The summed E-state index contributed by atoms with van der Waals surface area (Å²) in [5.74, 6) is 1.44. The smallest absolute Gasteiger partial charge is 0.162 e. The number of hydrogen-bond acceptors (Lipinski definition) is 4. The summed E-state index contributed by atoms with van der Waals surface area (Å²) in [6, 6.07) is 12.4. The SMILES string of the molecule is COc1cc2ncc3sc4ccccc4c3c2cc1OC. The summed E-state index contributed by atoms with van der Waals surface area (Å²) in [6.45, 7) is 0. The number of ether oxygens (including phenoxy) is 2. The zero-order valence-corrected chi connectivity index (χ0v) is 12.5. The van der Waals surface area contributed by atoms with Crippen LogP contribution in [-0.4, -0.2) is 19.2 Å². The third-order valence-corrected chi connectivity index (χ3v) is 4.82. The standard InChI is InChI=1S/C17H13NO2S/c1-19-13-7-11-12(8-14(13)20-2)18-9-16-17(11)10-5-3-4-6-15(10)21-16/h3-9H,1-2H3. The molecule has 4 rings (SSSR count). The summed E-state index contributed by atoms with van der Waals surface area (Å²) in [4.78, 5) is 4.56. The molecule has 3 nitrogen and oxygen atoms in total. The molecule has 0 aliphatic carbocycles. The van der Waals surface area contributed by atoms with Crippen molar-refractivity contribution in [1.29, 1.82) is 0 Å². The van der Waals surface area contributed by atoms with E-state index in [4.69, 9.17) is 9.47 Å². The fraction of sp³-hybridized carbons (Fsp3) is 0.118. The topological polar surface area (TPSA) is 31.4 Å². The first kappa shape index (κ1) is 12.4. The highest BCUT2D eigenvalue weighted by Crippen LogP contribution is 2.40. The fourth-order valence-corrected chi connectivity index (χ4v) is 3.83. The van der Waals surface area contributed by atoms with E-state index in [2.05, 4.69) is 29.2 Å². The van der Waals surface area contributed by atoms with Crippen molar-refractivity contribution in [3.05, 3.63) is 42.6 Å². The second-order valence-corrected chi connectivity index (χ2v) is 5.90. The van der Waals surface area contributed by atoms with Gasteiger partial charge in [-0.1, -0.05) is 18.2 Å². The Morgan fingerprint density at radius 1 is 0.905 bits per heavy atom. The molecule has 0 bridgehead atoms. The molecule has 4 aromatic rings. The van der Waals surface area contributed by atoms with Gasteiger partial charge in [0.25, 0.3) is 0 Å². The van der Waals surface area contributed by atoms with Crippen LogP contribution >= 0.6 is 11.3 Å². The van der Waals surface area contributed by atoms with E-state index < -0.39 is 0 Å². The molecule has 104 valence electrons. The van der Waals surface area contributed by atoms with Crippen LogP contribution in [0.1, 0.15) is 0 Å². The number of hydrogen-bond donors (Lipinski definition) is 0. The van der Waals surface area contributed by atoms with E-state index in [0.717, 1.165) is 16.7 Å². The maximum Gasteiger partial charge on any atom is 0.162 e. The first-order valence-electron chi connectivity index (χ1n) is 6.64. The molecule has 0 radical (unpaired) electrons. The molecule has 0 saturated heterocycles. The molecular formula is C17H13NO2S. The lowest BCUT2D eigenvalue weighted by Gasteiger charge is -2.09. The van der Waals surface area contributed by atoms with Crippen LogP contribution in [0.25, 0.3) is 31.1 Å². The lowest BCUT2D eigenvalue weighted by Crippen LogP contribution is -1.91. The van der Waals surface area contributed by atoms with E-state index in [1.54, 1.807) is 25.6 Å². The minimum Gasteiger partial charge on any atom is -0.493 e. The minimum absolute atomic E-state index is 0.705. The Bertz CT molecular complexity index is 975. The van der Waals surface area contributed by atoms with Gasteiger partial charge < -0.3 is 9.47 Å². The predicted molar refractivity (Wildman–Crippen MR) is 87.7 cm³/mol. The van der Waals surface area contributed by atoms with Crippen molar-refractivity contribution in [2.75, 3.05) is 14.2 Å². The molecule has 2 aromatic heterocycles. The minimum atomic E-state index is 0.705. The van der Waals surface area contributed by atoms with Crippen LogP contribution in [0.2, 0.25) is 0 Å². The normalized spacial score (nSPS) is 11.3. The van der Waals surface area contributed by atoms with E-state index in [-0.39, 0.29) is 0 Å². The zero-order valence-electron chi connectivity index (χ0n) is 11.7. The van der Waals surface area contributed by atoms with Crippen molar-refractivity contribution in [2.24, 2.45) is 0 Å². The molecule has 0 aliphatic rings. The predicted octanol–water partition coefficient (Wildman–Crippen LogP) is 4.62. The van der Waals surface area contributed by atoms with Crippen molar-refractivity contribution < 1.29 is 9.47 Å². The van der Waals surface area contributed by atoms with Crippen LogP contribution in [0, 0.1) is 0 Å². The molecule has 21 heavy (non-hydrogen) atoms. The Morgan fingerprint density at radius 3 is 2.48 bits per heavy atom. The summed E-state index contributed by atoms with van der Waals surface area (Å²) in [7, 11) is 3.30. The highest BCUT2D eigenvalue weighted by molar-refractivity contribution is 7.26. The molecule has 0 unspecified atom stereocenters. The van der Waals surface area contributed by atoms with Crippen molar-refractivity contribution in [3.8, 4) is 11.5 Å². The number of pyridine rings is 1. The third-order valence-electron chi connectivity index (χ3n) is 3.71. The molecular weight excluding hydrogens is 282 g/mol. The summed E-state index contributed by atoms with van der Waals surface area (Å²) >= 11 is 1.77. The van der Waals surface area contributed by atoms with Crippen LogP contribution in [0.15, 0.2) is 42.6 Å². The Balaban J connectivity index is 2.21. The lowest BCUT2D eigenvalue weighted by molar-refractivity contribution is 0.356. The van der Waals surface area contributed by atoms with Gasteiger partial charge >= 0.3 is 0 Å². The van der Waals surface area contributed by atoms with Crippen molar-refractivity contribution >= 4 is 42.4 Å². The van der Waals surface area contributed by atoms with Gasteiger partial charge in [-0.3, -0.25) is 4.98 Å². The Kier molecular flexibility index (Phi) is 2.72. The fourth-order valence-electron chi connectivity index (χ4n) is 2.74. The Hall–Kier alpha value is -2.33. The molecule has 0 N–H and O–H groups in total. The zero-order chi connectivity index (χ0) is 14.4. The van der Waals surface area contributed by atoms with Gasteiger partial charge in [0.05, 0.1) is 24.4 Å². The molecule has 0 fully saturated rings. The second-order valence-electron chi connectivity index (χ2n) is 4.82. The van der Waals surface area contributed by atoms with E-state index in [1.807, 2.05) is 18.3 Å². The highest BCUT2D eigenvalue weighted by Gasteiger charge is 2.13. The van der Waals surface area contributed by atoms with Crippen LogP contribution in [-0.2, 0) is 0 Å². The first-order valence-corrected chi connectivity index (χ1v) is 7.45. The largest absolute Gasteiger partial charge is 0.493 e. The number of fused-ring (bicyclic) bond motifs is 5. The van der Waals surface area contributed by atoms with E-state index in [9.17, 15) is 0 Å². The molecule has 2 aromatic carbocycles. The van der Waals surface area contributed by atoms with Gasteiger partial charge in [0, 0.05) is 33.1 Å². The summed E-state index contributed by atoms with van der Waals surface area (Å²) < 4.78 is 13.3. The molecule has 0 aliphatic heterocycles. The Morgan fingerprint density at radius 2 is 1.67 bits per heavy atom. The van der Waals surface area contributed by atoms with Crippen LogP contribution in [0.4, 0.5) is 0 Å². The number of nitrogens with zero attached hydrogens (tertiary/aromatic N) is 1. The van der Waals surface area contributed by atoms with Crippen LogP contribution in [0.3, 0.4) is 0 Å². The van der Waals surface area contributed by atoms with Crippen molar-refractivity contribution in [1.82, 2.24) is 4.98 Å². The molecule has 0 atom stereocenters. The number of thiophene rings is 1. The number of aromatic nitrogens is 1. The van der Waals surface area contributed by atoms with Gasteiger partial charge in [-0.15, -0.1) is 11.3 Å². The van der Waals surface area contributed by atoms with Crippen LogP contribution < -0.4 is 9.47 Å². The van der Waals surface area contributed by atoms with E-state index in [0.29, 0.717) is 5.75 Å². The molecule has 2 heterocycles. The van der Waals surface area contributed by atoms with E-state index >= 15 is 0 Å². The maximum atomic E-state index is 5.43. The number of rotatable bonds is 2. The third kappa shape index (κ3) is 1.76. The monoisotopic (exact) mass is 295 g/mol. The first-order chi connectivity index (χ1) is 10.3. The highest BCUT2D eigenvalue weighted by atomic mass is 32.1. The molecule has 4 heteroatoms. The second kappa shape index (κ2) is 4.60. The number of methoxy groups -OCH3 is 2. The molecule has 0 amide bonds. The Labute approximate surface area is 125 Å². The van der Waals surface area contributed by atoms with E-state index in [1.165, 1.54) is 20.2 Å². The van der Waals surface area contributed by atoms with Crippen molar-refractivity contribution in [3.63, 3.8) is 0 Å². The summed E-state index contributed by atoms with van der Waals surface area (Å²) in [5, 5.41) is 3.60. The quantitative estimate of drug-likeness (QED) is 0.540. The molecule has 0 spiro atoms. The lowest BCUT2D eigenvalue weighted by atomic mass is 10.1. The molecule has 0 saturated carbocycles.